The van der Waals surface area contributed by atoms with Gasteiger partial charge in [-0.3, -0.25) is 14.4 Å². The van der Waals surface area contributed by atoms with Gasteiger partial charge in [0.05, 0.1) is 29.2 Å². The van der Waals surface area contributed by atoms with E-state index in [1.165, 1.54) is 6.07 Å². The fourth-order valence-corrected chi connectivity index (χ4v) is 2.86. The van der Waals surface area contributed by atoms with Gasteiger partial charge in [0.15, 0.2) is 6.73 Å². The molecule has 26 heavy (non-hydrogen) atoms. The second kappa shape index (κ2) is 7.76. The number of fused-ring (bicyclic) bond motifs is 1. The molecule has 2 aromatic carbocycles. The molecule has 134 valence electrons. The van der Waals surface area contributed by atoms with Crippen LogP contribution in [0.2, 0.25) is 10.0 Å². The zero-order chi connectivity index (χ0) is 18.7. The van der Waals surface area contributed by atoms with Gasteiger partial charge >= 0.3 is 5.97 Å². The minimum absolute atomic E-state index is 0.0301. The summed E-state index contributed by atoms with van der Waals surface area (Å²) in [6, 6.07) is 11.2. The number of rotatable bonds is 6. The molecule has 0 radical (unpaired) electrons. The summed E-state index contributed by atoms with van der Waals surface area (Å²) in [6.07, 6.45) is -0.0673. The van der Waals surface area contributed by atoms with Crippen LogP contribution in [0.1, 0.15) is 27.1 Å². The van der Waals surface area contributed by atoms with Crippen LogP contribution in [-0.4, -0.2) is 36.0 Å². The SMILES string of the molecule is O=C(CCOc1ccc(Cl)cc1Cl)OCN1C(=O)c2ccccc2C1=O. The van der Waals surface area contributed by atoms with Crippen molar-refractivity contribution in [2.24, 2.45) is 0 Å². The lowest BCUT2D eigenvalue weighted by atomic mass is 10.1. The molecule has 0 aromatic heterocycles. The standard InChI is InChI=1S/C18H13Cl2NO5/c19-11-5-6-15(14(20)9-11)25-8-7-16(22)26-10-21-17(23)12-3-1-2-4-13(12)18(21)24/h1-6,9H,7-8,10H2. The number of hydrogen-bond donors (Lipinski definition) is 0. The Balaban J connectivity index is 1.48. The van der Waals surface area contributed by atoms with Crippen LogP contribution < -0.4 is 4.74 Å². The molecule has 0 spiro atoms. The molecular weight excluding hydrogens is 381 g/mol. The summed E-state index contributed by atoms with van der Waals surface area (Å²) in [5.41, 5.74) is 0.600. The van der Waals surface area contributed by atoms with E-state index in [0.717, 1.165) is 4.90 Å². The van der Waals surface area contributed by atoms with Crippen LogP contribution in [0, 0.1) is 0 Å². The minimum atomic E-state index is -0.605. The second-order valence-corrected chi connectivity index (χ2v) is 6.25. The highest BCUT2D eigenvalue weighted by Gasteiger charge is 2.35. The van der Waals surface area contributed by atoms with E-state index >= 15 is 0 Å². The highest BCUT2D eigenvalue weighted by atomic mass is 35.5. The fraction of sp³-hybridized carbons (Fsp3) is 0.167. The predicted molar refractivity (Wildman–Crippen MR) is 94.5 cm³/mol. The zero-order valence-electron chi connectivity index (χ0n) is 13.4. The largest absolute Gasteiger partial charge is 0.491 e. The van der Waals surface area contributed by atoms with Gasteiger partial charge < -0.3 is 9.47 Å². The number of carbonyl (C=O) groups is 3. The average molecular weight is 394 g/mol. The van der Waals surface area contributed by atoms with E-state index in [2.05, 4.69) is 0 Å². The van der Waals surface area contributed by atoms with E-state index in [4.69, 9.17) is 32.7 Å². The van der Waals surface area contributed by atoms with Gasteiger partial charge in [0.1, 0.15) is 5.75 Å². The Labute approximate surface area is 159 Å². The van der Waals surface area contributed by atoms with Crippen LogP contribution in [0.5, 0.6) is 5.75 Å². The summed E-state index contributed by atoms with van der Waals surface area (Å²) in [5.74, 6) is -1.18. The van der Waals surface area contributed by atoms with Crippen molar-refractivity contribution >= 4 is 41.0 Å². The first-order chi connectivity index (χ1) is 12.5. The quantitative estimate of drug-likeness (QED) is 0.554. The Morgan fingerprint density at radius 3 is 2.27 bits per heavy atom. The summed E-state index contributed by atoms with van der Waals surface area (Å²) in [4.78, 5) is 37.0. The van der Waals surface area contributed by atoms with Gasteiger partial charge in [-0.15, -0.1) is 0 Å². The Hall–Kier alpha value is -2.57. The lowest BCUT2D eigenvalue weighted by Crippen LogP contribution is -2.33. The number of nitrogens with zero attached hydrogens (tertiary/aromatic N) is 1. The van der Waals surface area contributed by atoms with Crippen LogP contribution in [0.25, 0.3) is 0 Å². The third-order valence-corrected chi connectivity index (χ3v) is 4.22. The first-order valence-corrected chi connectivity index (χ1v) is 8.41. The van der Waals surface area contributed by atoms with Crippen molar-refractivity contribution < 1.29 is 23.9 Å². The van der Waals surface area contributed by atoms with E-state index in [-0.39, 0.29) is 13.0 Å². The van der Waals surface area contributed by atoms with Crippen molar-refractivity contribution in [3.05, 3.63) is 63.6 Å². The van der Waals surface area contributed by atoms with Gasteiger partial charge in [-0.05, 0) is 30.3 Å². The number of carbonyl (C=O) groups excluding carboxylic acids is 3. The first-order valence-electron chi connectivity index (χ1n) is 7.66. The van der Waals surface area contributed by atoms with Gasteiger partial charge in [0.2, 0.25) is 0 Å². The summed E-state index contributed by atoms with van der Waals surface area (Å²) in [7, 11) is 0. The zero-order valence-corrected chi connectivity index (χ0v) is 14.9. The number of ether oxygens (including phenoxy) is 2. The van der Waals surface area contributed by atoms with Crippen LogP contribution >= 0.6 is 23.2 Å². The molecule has 0 N–H and O–H groups in total. The molecule has 2 amide bonds. The normalized spacial score (nSPS) is 12.9. The van der Waals surface area contributed by atoms with Crippen molar-refractivity contribution in [3.63, 3.8) is 0 Å². The average Bonchev–Trinajstić information content (AvgIpc) is 2.86. The van der Waals surface area contributed by atoms with Crippen LogP contribution in [-0.2, 0) is 9.53 Å². The maximum absolute atomic E-state index is 12.1. The molecule has 0 aliphatic carbocycles. The van der Waals surface area contributed by atoms with Gasteiger partial charge in [0, 0.05) is 5.02 Å². The van der Waals surface area contributed by atoms with Gasteiger partial charge in [-0.2, -0.15) is 0 Å². The molecule has 1 aliphatic rings. The number of halogens is 2. The van der Waals surface area contributed by atoms with Crippen molar-refractivity contribution in [2.75, 3.05) is 13.3 Å². The third-order valence-electron chi connectivity index (χ3n) is 3.69. The van der Waals surface area contributed by atoms with Crippen LogP contribution in [0.3, 0.4) is 0 Å². The highest BCUT2D eigenvalue weighted by molar-refractivity contribution is 6.35. The molecular formula is C18H13Cl2NO5. The molecule has 2 aromatic rings. The van der Waals surface area contributed by atoms with Crippen LogP contribution in [0.15, 0.2) is 42.5 Å². The van der Waals surface area contributed by atoms with E-state index in [0.29, 0.717) is 26.9 Å². The minimum Gasteiger partial charge on any atom is -0.491 e. The summed E-state index contributed by atoms with van der Waals surface area (Å²) < 4.78 is 10.4. The lowest BCUT2D eigenvalue weighted by molar-refractivity contribution is -0.146. The molecule has 3 rings (SSSR count). The molecule has 0 unspecified atom stereocenters. The van der Waals surface area contributed by atoms with Gasteiger partial charge in [-0.25, -0.2) is 4.90 Å². The predicted octanol–water partition coefficient (Wildman–Crippen LogP) is 3.56. The van der Waals surface area contributed by atoms with E-state index in [9.17, 15) is 14.4 Å². The van der Waals surface area contributed by atoms with Crippen molar-refractivity contribution in [1.82, 2.24) is 4.90 Å². The number of benzene rings is 2. The molecule has 6 nitrogen and oxygen atoms in total. The Kier molecular flexibility index (Phi) is 5.44. The topological polar surface area (TPSA) is 72.9 Å². The van der Waals surface area contributed by atoms with Gasteiger partial charge in [0.25, 0.3) is 11.8 Å². The number of amides is 2. The summed E-state index contributed by atoms with van der Waals surface area (Å²) in [6.45, 7) is -0.408. The van der Waals surface area contributed by atoms with E-state index in [1.807, 2.05) is 0 Å². The number of imide groups is 1. The number of hydrogen-bond acceptors (Lipinski definition) is 5. The first kappa shape index (κ1) is 18.2. The number of esters is 1. The van der Waals surface area contributed by atoms with Crippen LogP contribution in [0.4, 0.5) is 0 Å². The van der Waals surface area contributed by atoms with E-state index < -0.39 is 24.5 Å². The molecule has 1 heterocycles. The third kappa shape index (κ3) is 3.81. The fourth-order valence-electron chi connectivity index (χ4n) is 2.40. The van der Waals surface area contributed by atoms with Crippen molar-refractivity contribution in [3.8, 4) is 5.75 Å². The maximum Gasteiger partial charge on any atom is 0.310 e. The molecule has 0 fully saturated rings. The molecule has 1 aliphatic heterocycles. The second-order valence-electron chi connectivity index (χ2n) is 5.40. The smallest absolute Gasteiger partial charge is 0.310 e. The maximum atomic E-state index is 12.1. The molecule has 8 heteroatoms. The monoisotopic (exact) mass is 393 g/mol. The molecule has 0 saturated heterocycles. The van der Waals surface area contributed by atoms with Gasteiger partial charge in [-0.1, -0.05) is 35.3 Å². The Bertz CT molecular complexity index is 849. The summed E-state index contributed by atoms with van der Waals surface area (Å²) >= 11 is 11.7. The molecule has 0 atom stereocenters. The molecule has 0 saturated carbocycles. The highest BCUT2D eigenvalue weighted by Crippen LogP contribution is 2.27. The molecule has 0 bridgehead atoms. The van der Waals surface area contributed by atoms with Crippen molar-refractivity contribution in [1.29, 1.82) is 0 Å². The van der Waals surface area contributed by atoms with E-state index in [1.54, 1.807) is 36.4 Å². The lowest BCUT2D eigenvalue weighted by Gasteiger charge is -2.14. The Morgan fingerprint density at radius 2 is 1.65 bits per heavy atom. The summed E-state index contributed by atoms with van der Waals surface area (Å²) in [5, 5.41) is 0.805. The Morgan fingerprint density at radius 1 is 1.00 bits per heavy atom. The van der Waals surface area contributed by atoms with Crippen molar-refractivity contribution in [2.45, 2.75) is 6.42 Å².